The summed E-state index contributed by atoms with van der Waals surface area (Å²) < 4.78 is 27.1. The van der Waals surface area contributed by atoms with E-state index in [0.29, 0.717) is 29.4 Å². The zero-order valence-corrected chi connectivity index (χ0v) is 18.1. The highest BCUT2D eigenvalue weighted by atomic mass is 79.9. The average molecular weight is 472 g/mol. The van der Waals surface area contributed by atoms with Gasteiger partial charge < -0.3 is 5.32 Å². The second-order valence-corrected chi connectivity index (χ2v) is 8.87. The number of rotatable bonds is 7. The molecule has 0 unspecified atom stereocenters. The van der Waals surface area contributed by atoms with Crippen LogP contribution < -0.4 is 5.32 Å². The number of anilines is 1. The van der Waals surface area contributed by atoms with Crippen LogP contribution in [-0.2, 0) is 14.8 Å². The van der Waals surface area contributed by atoms with Crippen molar-refractivity contribution in [2.45, 2.75) is 18.7 Å². The summed E-state index contributed by atoms with van der Waals surface area (Å²) in [6.07, 6.45) is 2.97. The highest BCUT2D eigenvalue weighted by molar-refractivity contribution is 9.10. The molecule has 2 rings (SSSR count). The Kier molecular flexibility index (Phi) is 7.61. The molecule has 0 saturated carbocycles. The minimum atomic E-state index is -3.49. The summed E-state index contributed by atoms with van der Waals surface area (Å²) in [4.78, 5) is 12.3. The first-order valence-electron chi connectivity index (χ1n) is 8.32. The van der Waals surface area contributed by atoms with Gasteiger partial charge in [-0.2, -0.15) is 4.31 Å². The fraction of sp³-hybridized carbons (Fsp3) is 0.211. The molecule has 0 heterocycles. The molecule has 0 aliphatic carbocycles. The van der Waals surface area contributed by atoms with Gasteiger partial charge in [0.15, 0.2) is 0 Å². The summed E-state index contributed by atoms with van der Waals surface area (Å²) in [5.74, 6) is -0.334. The van der Waals surface area contributed by atoms with Gasteiger partial charge in [-0.05, 0) is 42.0 Å². The van der Waals surface area contributed by atoms with Crippen LogP contribution in [0.15, 0.2) is 57.9 Å². The van der Waals surface area contributed by atoms with Gasteiger partial charge in [0.05, 0.1) is 15.6 Å². The number of nitrogens with one attached hydrogen (secondary N) is 1. The summed E-state index contributed by atoms with van der Waals surface area (Å²) in [5, 5.41) is 3.12. The van der Waals surface area contributed by atoms with Crippen LogP contribution >= 0.6 is 27.5 Å². The van der Waals surface area contributed by atoms with Crippen LogP contribution in [0.25, 0.3) is 6.08 Å². The number of amides is 1. The Morgan fingerprint density at radius 1 is 1.15 bits per heavy atom. The van der Waals surface area contributed by atoms with Crippen LogP contribution in [0.4, 0.5) is 5.69 Å². The summed E-state index contributed by atoms with van der Waals surface area (Å²) in [5.41, 5.74) is 1.22. The summed E-state index contributed by atoms with van der Waals surface area (Å²) in [6, 6.07) is 11.6. The summed E-state index contributed by atoms with van der Waals surface area (Å²) >= 11 is 9.38. The van der Waals surface area contributed by atoms with E-state index in [-0.39, 0.29) is 10.8 Å². The molecule has 0 spiro atoms. The van der Waals surface area contributed by atoms with E-state index in [1.165, 1.54) is 22.5 Å². The predicted octanol–water partition coefficient (Wildman–Crippen LogP) is 4.78. The molecule has 0 radical (unpaired) electrons. The smallest absolute Gasteiger partial charge is 0.248 e. The Balaban J connectivity index is 2.08. The molecule has 1 amide bonds. The van der Waals surface area contributed by atoms with E-state index < -0.39 is 10.0 Å². The number of nitrogens with zero attached hydrogens (tertiary/aromatic N) is 1. The molecule has 2 aromatic rings. The second-order valence-electron chi connectivity index (χ2n) is 5.61. The second kappa shape index (κ2) is 9.50. The Hall–Kier alpha value is -1.67. The molecule has 0 atom stereocenters. The lowest BCUT2D eigenvalue weighted by atomic mass is 10.2. The lowest BCUT2D eigenvalue weighted by molar-refractivity contribution is -0.111. The van der Waals surface area contributed by atoms with Gasteiger partial charge in [-0.1, -0.05) is 53.5 Å². The lowest BCUT2D eigenvalue weighted by Gasteiger charge is -2.18. The molecule has 0 aromatic heterocycles. The van der Waals surface area contributed by atoms with Crippen LogP contribution in [0.3, 0.4) is 0 Å². The van der Waals surface area contributed by atoms with Crippen molar-refractivity contribution >= 4 is 55.2 Å². The number of hydrogen-bond acceptors (Lipinski definition) is 3. The number of carbonyl (C=O) groups excluding carboxylic acids is 1. The number of benzene rings is 2. The van der Waals surface area contributed by atoms with E-state index in [4.69, 9.17) is 11.6 Å². The Bertz CT molecular complexity index is 940. The van der Waals surface area contributed by atoms with Crippen LogP contribution in [0.5, 0.6) is 0 Å². The van der Waals surface area contributed by atoms with Crippen LogP contribution in [0.1, 0.15) is 19.4 Å². The Labute approximate surface area is 173 Å². The fourth-order valence-corrected chi connectivity index (χ4v) is 4.58. The Morgan fingerprint density at radius 2 is 1.78 bits per heavy atom. The van der Waals surface area contributed by atoms with Gasteiger partial charge in [0.25, 0.3) is 0 Å². The molecular weight excluding hydrogens is 452 g/mol. The van der Waals surface area contributed by atoms with Crippen molar-refractivity contribution in [3.8, 4) is 0 Å². The molecule has 27 heavy (non-hydrogen) atoms. The molecular formula is C19H20BrClN2O3S. The zero-order chi connectivity index (χ0) is 20.0. The minimum absolute atomic E-state index is 0.231. The van der Waals surface area contributed by atoms with Crippen molar-refractivity contribution in [1.82, 2.24) is 4.31 Å². The predicted molar refractivity (Wildman–Crippen MR) is 113 cm³/mol. The summed E-state index contributed by atoms with van der Waals surface area (Å²) in [6.45, 7) is 4.43. The van der Waals surface area contributed by atoms with Gasteiger partial charge in [0.2, 0.25) is 15.9 Å². The number of hydrogen-bond donors (Lipinski definition) is 1. The first-order valence-corrected chi connectivity index (χ1v) is 10.9. The molecule has 0 bridgehead atoms. The van der Waals surface area contributed by atoms with Gasteiger partial charge in [0.1, 0.15) is 0 Å². The van der Waals surface area contributed by atoms with E-state index in [1.807, 2.05) is 0 Å². The van der Waals surface area contributed by atoms with E-state index in [9.17, 15) is 13.2 Å². The third-order valence-electron chi connectivity index (χ3n) is 3.84. The molecule has 0 aliphatic heterocycles. The normalized spacial score (nSPS) is 11.9. The van der Waals surface area contributed by atoms with Crippen LogP contribution in [-0.4, -0.2) is 31.7 Å². The minimum Gasteiger partial charge on any atom is -0.321 e. The number of halogens is 2. The van der Waals surface area contributed by atoms with Crippen molar-refractivity contribution in [3.63, 3.8) is 0 Å². The molecule has 8 heteroatoms. The fourth-order valence-electron chi connectivity index (χ4n) is 2.40. The van der Waals surface area contributed by atoms with Gasteiger partial charge in [-0.3, -0.25) is 4.79 Å². The van der Waals surface area contributed by atoms with Gasteiger partial charge in [-0.15, -0.1) is 0 Å². The first kappa shape index (κ1) is 21.6. The molecule has 1 N–H and O–H groups in total. The van der Waals surface area contributed by atoms with E-state index in [1.54, 1.807) is 50.3 Å². The largest absolute Gasteiger partial charge is 0.321 e. The van der Waals surface area contributed by atoms with Gasteiger partial charge in [0, 0.05) is 23.6 Å². The third kappa shape index (κ3) is 5.65. The standard InChI is InChI=1S/C19H20BrClN2O3S/c1-3-23(4-2)27(25,26)16-9-5-14(6-10-16)7-12-19(24)22-18-11-8-15(20)13-17(18)21/h5-13H,3-4H2,1-2H3,(H,22,24)/b12-7+. The van der Waals surface area contributed by atoms with E-state index >= 15 is 0 Å². The average Bonchev–Trinajstić information content (AvgIpc) is 2.63. The zero-order valence-electron chi connectivity index (χ0n) is 14.9. The highest BCUT2D eigenvalue weighted by Gasteiger charge is 2.20. The SMILES string of the molecule is CCN(CC)S(=O)(=O)c1ccc(/C=C/C(=O)Nc2ccc(Br)cc2Cl)cc1. The quantitative estimate of drug-likeness (QED) is 0.591. The van der Waals surface area contributed by atoms with Crippen molar-refractivity contribution in [3.05, 3.63) is 63.6 Å². The van der Waals surface area contributed by atoms with Crippen molar-refractivity contribution in [2.24, 2.45) is 0 Å². The number of carbonyl (C=O) groups is 1. The summed E-state index contributed by atoms with van der Waals surface area (Å²) in [7, 11) is -3.49. The molecule has 5 nitrogen and oxygen atoms in total. The maximum absolute atomic E-state index is 12.5. The van der Waals surface area contributed by atoms with Crippen molar-refractivity contribution in [2.75, 3.05) is 18.4 Å². The number of sulfonamides is 1. The van der Waals surface area contributed by atoms with Crippen LogP contribution in [0, 0.1) is 0 Å². The molecule has 0 saturated heterocycles. The van der Waals surface area contributed by atoms with E-state index in [2.05, 4.69) is 21.2 Å². The third-order valence-corrected chi connectivity index (χ3v) is 6.71. The van der Waals surface area contributed by atoms with Crippen molar-refractivity contribution in [1.29, 1.82) is 0 Å². The van der Waals surface area contributed by atoms with Crippen molar-refractivity contribution < 1.29 is 13.2 Å². The maximum atomic E-state index is 12.5. The highest BCUT2D eigenvalue weighted by Crippen LogP contribution is 2.25. The maximum Gasteiger partial charge on any atom is 0.248 e. The topological polar surface area (TPSA) is 66.5 Å². The van der Waals surface area contributed by atoms with Gasteiger partial charge >= 0.3 is 0 Å². The molecule has 144 valence electrons. The molecule has 0 fully saturated rings. The Morgan fingerprint density at radius 3 is 2.33 bits per heavy atom. The van der Waals surface area contributed by atoms with E-state index in [0.717, 1.165) is 4.47 Å². The monoisotopic (exact) mass is 470 g/mol. The van der Waals surface area contributed by atoms with Gasteiger partial charge in [-0.25, -0.2) is 8.42 Å². The lowest BCUT2D eigenvalue weighted by Crippen LogP contribution is -2.30. The molecule has 2 aromatic carbocycles. The van der Waals surface area contributed by atoms with Crippen LogP contribution in [0.2, 0.25) is 5.02 Å². The first-order chi connectivity index (χ1) is 12.8. The molecule has 0 aliphatic rings.